The highest BCUT2D eigenvalue weighted by Crippen LogP contribution is 2.15. The fraction of sp³-hybridized carbons (Fsp3) is 0.571. The van der Waals surface area contributed by atoms with Crippen LogP contribution in [0.3, 0.4) is 0 Å². The number of halogens is 1. The predicted octanol–water partition coefficient (Wildman–Crippen LogP) is 2.88. The van der Waals surface area contributed by atoms with Crippen LogP contribution in [0.4, 0.5) is 4.39 Å². The lowest BCUT2D eigenvalue weighted by Crippen LogP contribution is -2.33. The molecule has 0 amide bonds. The number of hydrogen-bond donors (Lipinski definition) is 1. The Bertz CT molecular complexity index is 340. The Labute approximate surface area is 108 Å². The zero-order valence-electron chi connectivity index (χ0n) is 11.3. The van der Waals surface area contributed by atoms with Gasteiger partial charge in [0.05, 0.1) is 0 Å². The molecule has 1 N–H and O–H groups in total. The maximum absolute atomic E-state index is 13.6. The summed E-state index contributed by atoms with van der Waals surface area (Å²) in [5.74, 6) is -0.193. The maximum Gasteiger partial charge on any atom is 0.169 e. The predicted molar refractivity (Wildman–Crippen MR) is 69.9 cm³/mol. The van der Waals surface area contributed by atoms with Gasteiger partial charge in [-0.05, 0) is 26.8 Å². The molecule has 1 aromatic rings. The van der Waals surface area contributed by atoms with Gasteiger partial charge >= 0.3 is 0 Å². The molecule has 1 atom stereocenters. The van der Waals surface area contributed by atoms with Gasteiger partial charge in [0, 0.05) is 31.4 Å². The van der Waals surface area contributed by atoms with Crippen LogP contribution in [-0.4, -0.2) is 26.0 Å². The van der Waals surface area contributed by atoms with Gasteiger partial charge in [-0.1, -0.05) is 18.2 Å². The molecular formula is C14H22FNO2. The van der Waals surface area contributed by atoms with Crippen molar-refractivity contribution in [1.82, 2.24) is 5.32 Å². The van der Waals surface area contributed by atoms with Crippen LogP contribution in [0.15, 0.2) is 24.3 Å². The average Bonchev–Trinajstić information content (AvgIpc) is 2.36. The molecule has 1 aromatic carbocycles. The highest BCUT2D eigenvalue weighted by molar-refractivity contribution is 5.20. The Hall–Kier alpha value is -0.970. The Balaban J connectivity index is 2.49. The van der Waals surface area contributed by atoms with Crippen LogP contribution in [0.1, 0.15) is 32.4 Å². The molecule has 0 aliphatic heterocycles. The van der Waals surface area contributed by atoms with Gasteiger partial charge in [0.25, 0.3) is 0 Å². The van der Waals surface area contributed by atoms with Gasteiger partial charge in [-0.15, -0.1) is 0 Å². The first-order valence-corrected chi connectivity index (χ1v) is 6.40. The lowest BCUT2D eigenvalue weighted by atomic mass is 10.1. The summed E-state index contributed by atoms with van der Waals surface area (Å²) >= 11 is 0. The summed E-state index contributed by atoms with van der Waals surface area (Å²) in [6.07, 6.45) is -0.283. The summed E-state index contributed by atoms with van der Waals surface area (Å²) in [6, 6.07) is 6.70. The van der Waals surface area contributed by atoms with Crippen molar-refractivity contribution in [1.29, 1.82) is 0 Å². The van der Waals surface area contributed by atoms with Crippen LogP contribution in [0.25, 0.3) is 0 Å². The molecule has 0 heterocycles. The van der Waals surface area contributed by atoms with E-state index < -0.39 is 0 Å². The third-order valence-electron chi connectivity index (χ3n) is 2.67. The Morgan fingerprint density at radius 2 is 1.78 bits per heavy atom. The quantitative estimate of drug-likeness (QED) is 0.725. The smallest absolute Gasteiger partial charge is 0.169 e. The summed E-state index contributed by atoms with van der Waals surface area (Å²) in [6.45, 7) is 7.50. The molecule has 1 rings (SSSR count). The van der Waals surface area contributed by atoms with E-state index in [1.165, 1.54) is 6.07 Å². The number of benzene rings is 1. The van der Waals surface area contributed by atoms with Crippen molar-refractivity contribution in [3.05, 3.63) is 35.6 Å². The summed E-state index contributed by atoms with van der Waals surface area (Å²) in [4.78, 5) is 0. The molecular weight excluding hydrogens is 233 g/mol. The Morgan fingerprint density at radius 3 is 2.33 bits per heavy atom. The second kappa shape index (κ2) is 8.19. The molecule has 0 aromatic heterocycles. The van der Waals surface area contributed by atoms with Crippen molar-refractivity contribution < 1.29 is 13.9 Å². The van der Waals surface area contributed by atoms with E-state index in [1.54, 1.807) is 12.1 Å². The monoisotopic (exact) mass is 255 g/mol. The van der Waals surface area contributed by atoms with Crippen molar-refractivity contribution in [3.63, 3.8) is 0 Å². The minimum atomic E-state index is -0.283. The first-order valence-electron chi connectivity index (χ1n) is 6.40. The summed E-state index contributed by atoms with van der Waals surface area (Å²) in [7, 11) is 0. The molecule has 0 aliphatic carbocycles. The van der Waals surface area contributed by atoms with Gasteiger partial charge in [0.2, 0.25) is 0 Å². The number of ether oxygens (including phenoxy) is 2. The first kappa shape index (κ1) is 15.1. The number of hydrogen-bond acceptors (Lipinski definition) is 3. The first-order chi connectivity index (χ1) is 8.69. The Morgan fingerprint density at radius 1 is 1.17 bits per heavy atom. The van der Waals surface area contributed by atoms with E-state index in [4.69, 9.17) is 9.47 Å². The second-order valence-electron chi connectivity index (χ2n) is 3.99. The topological polar surface area (TPSA) is 30.5 Å². The van der Waals surface area contributed by atoms with E-state index >= 15 is 0 Å². The molecule has 3 nitrogen and oxygen atoms in total. The van der Waals surface area contributed by atoms with E-state index in [0.29, 0.717) is 25.3 Å². The third-order valence-corrected chi connectivity index (χ3v) is 2.67. The summed E-state index contributed by atoms with van der Waals surface area (Å²) in [5.41, 5.74) is 0.657. The molecule has 4 heteroatoms. The highest BCUT2D eigenvalue weighted by Gasteiger charge is 2.13. The van der Waals surface area contributed by atoms with Crippen LogP contribution < -0.4 is 5.32 Å². The van der Waals surface area contributed by atoms with Crippen molar-refractivity contribution in [3.8, 4) is 0 Å². The van der Waals surface area contributed by atoms with Crippen molar-refractivity contribution >= 4 is 0 Å². The van der Waals surface area contributed by atoms with Crippen molar-refractivity contribution in [2.24, 2.45) is 0 Å². The highest BCUT2D eigenvalue weighted by atomic mass is 19.1. The SMILES string of the molecule is CCOC(CN[C@H](C)c1ccccc1F)OCC. The van der Waals surface area contributed by atoms with Gasteiger partial charge < -0.3 is 14.8 Å². The van der Waals surface area contributed by atoms with Crippen LogP contribution in [0.2, 0.25) is 0 Å². The maximum atomic E-state index is 13.6. The molecule has 0 saturated carbocycles. The van der Waals surface area contributed by atoms with Crippen molar-refractivity contribution in [2.75, 3.05) is 19.8 Å². The van der Waals surface area contributed by atoms with E-state index in [1.807, 2.05) is 26.8 Å². The molecule has 0 aliphatic rings. The average molecular weight is 255 g/mol. The normalized spacial score (nSPS) is 12.9. The van der Waals surface area contributed by atoms with Crippen LogP contribution in [0.5, 0.6) is 0 Å². The van der Waals surface area contributed by atoms with E-state index in [2.05, 4.69) is 5.32 Å². The van der Waals surface area contributed by atoms with Gasteiger partial charge in [0.15, 0.2) is 6.29 Å². The van der Waals surface area contributed by atoms with E-state index in [-0.39, 0.29) is 18.1 Å². The largest absolute Gasteiger partial charge is 0.352 e. The van der Waals surface area contributed by atoms with Crippen molar-refractivity contribution in [2.45, 2.75) is 33.1 Å². The van der Waals surface area contributed by atoms with Crippen LogP contribution in [0, 0.1) is 5.82 Å². The van der Waals surface area contributed by atoms with Crippen LogP contribution >= 0.6 is 0 Å². The molecule has 102 valence electrons. The third kappa shape index (κ3) is 4.72. The summed E-state index contributed by atoms with van der Waals surface area (Å²) < 4.78 is 24.4. The standard InChI is InChI=1S/C14H22FNO2/c1-4-17-14(18-5-2)10-16-11(3)12-8-6-7-9-13(12)15/h6-9,11,14,16H,4-5,10H2,1-3H3/t11-/m1/s1. The molecule has 0 spiro atoms. The minimum absolute atomic E-state index is 0.0744. The second-order valence-corrected chi connectivity index (χ2v) is 3.99. The molecule has 0 unspecified atom stereocenters. The molecule has 0 radical (unpaired) electrons. The van der Waals surface area contributed by atoms with Gasteiger partial charge in [-0.3, -0.25) is 0 Å². The lowest BCUT2D eigenvalue weighted by Gasteiger charge is -2.21. The molecule has 0 bridgehead atoms. The van der Waals surface area contributed by atoms with E-state index in [0.717, 1.165) is 0 Å². The lowest BCUT2D eigenvalue weighted by molar-refractivity contribution is -0.133. The molecule has 0 saturated heterocycles. The zero-order chi connectivity index (χ0) is 13.4. The fourth-order valence-electron chi connectivity index (χ4n) is 1.75. The van der Waals surface area contributed by atoms with Gasteiger partial charge in [-0.25, -0.2) is 4.39 Å². The van der Waals surface area contributed by atoms with Crippen LogP contribution in [-0.2, 0) is 9.47 Å². The van der Waals surface area contributed by atoms with Gasteiger partial charge in [0.1, 0.15) is 5.82 Å². The van der Waals surface area contributed by atoms with Gasteiger partial charge in [-0.2, -0.15) is 0 Å². The fourth-order valence-corrected chi connectivity index (χ4v) is 1.75. The number of nitrogens with one attached hydrogen (secondary N) is 1. The molecule has 18 heavy (non-hydrogen) atoms. The summed E-state index contributed by atoms with van der Waals surface area (Å²) in [5, 5.41) is 3.22. The zero-order valence-corrected chi connectivity index (χ0v) is 11.3. The Kier molecular flexibility index (Phi) is 6.86. The number of rotatable bonds is 8. The molecule has 0 fully saturated rings. The minimum Gasteiger partial charge on any atom is -0.352 e. The van der Waals surface area contributed by atoms with E-state index in [9.17, 15) is 4.39 Å².